The maximum Gasteiger partial charge on any atom is 0.351 e. The molecule has 296 valence electrons. The number of aromatic nitrogens is 3. The van der Waals surface area contributed by atoms with Crippen LogP contribution in [-0.2, 0) is 26.0 Å². The van der Waals surface area contributed by atoms with Crippen molar-refractivity contribution >= 4 is 44.2 Å². The molecule has 2 aliphatic rings. The van der Waals surface area contributed by atoms with Crippen LogP contribution in [0.15, 0.2) is 83.7 Å². The number of hydrogen-bond donors (Lipinski definition) is 2. The van der Waals surface area contributed by atoms with Gasteiger partial charge in [-0.25, -0.2) is 18.2 Å². The van der Waals surface area contributed by atoms with Gasteiger partial charge < -0.3 is 20.7 Å². The fourth-order valence-electron chi connectivity index (χ4n) is 7.29. The molecule has 0 spiro atoms. The number of nitrogens with two attached hydrogens (primary N) is 1. The molecule has 1 saturated heterocycles. The number of rotatable bonds is 19. The number of fused-ring (bicyclic) bond motifs is 1. The summed E-state index contributed by atoms with van der Waals surface area (Å²) in [4.78, 5) is 50.7. The van der Waals surface area contributed by atoms with E-state index in [1.54, 1.807) is 24.3 Å². The van der Waals surface area contributed by atoms with Crippen molar-refractivity contribution in [3.63, 3.8) is 0 Å². The molecule has 1 fully saturated rings. The van der Waals surface area contributed by atoms with E-state index in [2.05, 4.69) is 22.2 Å². The summed E-state index contributed by atoms with van der Waals surface area (Å²) in [6.45, 7) is 3.23. The average Bonchev–Trinajstić information content (AvgIpc) is 3.60. The third-order valence-corrected chi connectivity index (χ3v) is 12.0. The van der Waals surface area contributed by atoms with Gasteiger partial charge in [0.05, 0.1) is 23.6 Å². The van der Waals surface area contributed by atoms with E-state index in [-0.39, 0.29) is 41.2 Å². The van der Waals surface area contributed by atoms with E-state index in [1.807, 2.05) is 59.5 Å². The summed E-state index contributed by atoms with van der Waals surface area (Å²) in [5.41, 5.74) is 8.66. The largest absolute Gasteiger partial charge is 0.481 e. The molecule has 1 atom stereocenters. The molecule has 56 heavy (non-hydrogen) atoms. The first kappa shape index (κ1) is 40.4. The van der Waals surface area contributed by atoms with Crippen molar-refractivity contribution in [2.75, 3.05) is 34.8 Å². The molecule has 0 aliphatic carbocycles. The first-order valence-corrected chi connectivity index (χ1v) is 21.6. The topological polar surface area (TPSA) is 167 Å². The second kappa shape index (κ2) is 19.0. The molecular formula is C43H52N6O6S. The van der Waals surface area contributed by atoms with Gasteiger partial charge in [0.25, 0.3) is 11.8 Å². The van der Waals surface area contributed by atoms with Crippen LogP contribution < -0.4 is 26.4 Å². The van der Waals surface area contributed by atoms with E-state index in [0.29, 0.717) is 42.1 Å². The Labute approximate surface area is 329 Å². The Morgan fingerprint density at radius 1 is 0.821 bits per heavy atom. The van der Waals surface area contributed by atoms with Crippen LogP contribution in [0.1, 0.15) is 88.9 Å². The number of carbonyl (C=O) groups is 2. The number of sulfone groups is 1. The molecule has 0 bridgehead atoms. The van der Waals surface area contributed by atoms with Gasteiger partial charge in [0.15, 0.2) is 27.6 Å². The quantitative estimate of drug-likeness (QED) is 0.0992. The van der Waals surface area contributed by atoms with Crippen molar-refractivity contribution < 1.29 is 22.7 Å². The van der Waals surface area contributed by atoms with Crippen LogP contribution in [0, 0.1) is 0 Å². The molecule has 12 nitrogen and oxygen atoms in total. The zero-order valence-electron chi connectivity index (χ0n) is 32.1. The van der Waals surface area contributed by atoms with Gasteiger partial charge >= 0.3 is 5.69 Å². The number of anilines is 2. The molecule has 6 rings (SSSR count). The van der Waals surface area contributed by atoms with E-state index >= 15 is 0 Å². The molecule has 13 heteroatoms. The highest BCUT2D eigenvalue weighted by Gasteiger charge is 2.30. The number of carbonyl (C=O) groups excluding carboxylic acids is 2. The Hall–Kier alpha value is -5.30. The van der Waals surface area contributed by atoms with Gasteiger partial charge in [-0.1, -0.05) is 107 Å². The second-order valence-corrected chi connectivity index (χ2v) is 16.9. The van der Waals surface area contributed by atoms with E-state index in [9.17, 15) is 22.8 Å². The third-order valence-electron chi connectivity index (χ3n) is 10.4. The molecule has 2 aliphatic heterocycles. The van der Waals surface area contributed by atoms with Gasteiger partial charge in [-0.2, -0.15) is 4.98 Å². The van der Waals surface area contributed by atoms with Crippen molar-refractivity contribution in [1.29, 1.82) is 0 Å². The summed E-state index contributed by atoms with van der Waals surface area (Å²) in [5, 5.41) is 3.00. The summed E-state index contributed by atoms with van der Waals surface area (Å²) >= 11 is 0. The van der Waals surface area contributed by atoms with Crippen LogP contribution in [-0.4, -0.2) is 65.5 Å². The Balaban J connectivity index is 1.15. The van der Waals surface area contributed by atoms with Crippen LogP contribution in [0.2, 0.25) is 0 Å². The molecule has 4 aromatic rings. The molecule has 3 N–H and O–H groups in total. The molecule has 3 aromatic carbocycles. The molecule has 2 amide bonds. The third kappa shape index (κ3) is 10.5. The number of hydrogen-bond acceptors (Lipinski definition) is 9. The highest BCUT2D eigenvalue weighted by Crippen LogP contribution is 2.33. The van der Waals surface area contributed by atoms with Gasteiger partial charge in [0.2, 0.25) is 0 Å². The van der Waals surface area contributed by atoms with Gasteiger partial charge in [-0.15, -0.1) is 0 Å². The monoisotopic (exact) mass is 780 g/mol. The van der Waals surface area contributed by atoms with Gasteiger partial charge in [0.1, 0.15) is 5.75 Å². The van der Waals surface area contributed by atoms with Crippen LogP contribution in [0.5, 0.6) is 5.75 Å². The average molecular weight is 781 g/mol. The number of nitrogens with zero attached hydrogens (tertiary/aromatic N) is 4. The predicted octanol–water partition coefficient (Wildman–Crippen LogP) is 6.65. The molecule has 1 unspecified atom stereocenters. The molecule has 1 aromatic heterocycles. The maximum absolute atomic E-state index is 13.9. The first-order chi connectivity index (χ1) is 27.1. The van der Waals surface area contributed by atoms with Crippen LogP contribution >= 0.6 is 0 Å². The number of primary amides is 1. The molecule has 0 radical (unpaired) electrons. The zero-order valence-corrected chi connectivity index (χ0v) is 32.9. The lowest BCUT2D eigenvalue weighted by atomic mass is 10.0. The van der Waals surface area contributed by atoms with Gasteiger partial charge in [0, 0.05) is 30.0 Å². The summed E-state index contributed by atoms with van der Waals surface area (Å²) in [6.07, 6.45) is 11.5. The summed E-state index contributed by atoms with van der Waals surface area (Å²) in [5.74, 6) is 0.0553. The summed E-state index contributed by atoms with van der Waals surface area (Å²) < 4.78 is 31.5. The van der Waals surface area contributed by atoms with E-state index in [0.717, 1.165) is 30.5 Å². The number of benzene rings is 3. The van der Waals surface area contributed by atoms with Crippen LogP contribution in [0.4, 0.5) is 11.4 Å². The number of ether oxygens (including phenoxy) is 1. The predicted molar refractivity (Wildman–Crippen MR) is 221 cm³/mol. The van der Waals surface area contributed by atoms with E-state index in [1.165, 1.54) is 49.5 Å². The minimum Gasteiger partial charge on any atom is -0.481 e. The number of allylic oxidation sites excluding steroid dienone is 1. The molecule has 0 saturated carbocycles. The fourth-order valence-corrected chi connectivity index (χ4v) is 8.49. The second-order valence-electron chi connectivity index (χ2n) is 14.6. The van der Waals surface area contributed by atoms with Gasteiger partial charge in [-0.05, 0) is 60.4 Å². The Bertz CT molecular complexity index is 2170. The van der Waals surface area contributed by atoms with Gasteiger partial charge in [-0.3, -0.25) is 14.2 Å². The molecule has 3 heterocycles. The van der Waals surface area contributed by atoms with Crippen LogP contribution in [0.25, 0.3) is 22.5 Å². The fraction of sp³-hybridized carbons (Fsp3) is 0.419. The molecular weight excluding hydrogens is 729 g/mol. The highest BCUT2D eigenvalue weighted by atomic mass is 32.2. The number of unbranched alkanes of at least 4 members (excludes halogenated alkanes) is 9. The van der Waals surface area contributed by atoms with Crippen molar-refractivity contribution in [2.24, 2.45) is 5.73 Å². The normalized spacial score (nSPS) is 15.3. The maximum atomic E-state index is 13.9. The lowest BCUT2D eigenvalue weighted by molar-refractivity contribution is -0.123. The lowest BCUT2D eigenvalue weighted by Gasteiger charge is -2.29. The summed E-state index contributed by atoms with van der Waals surface area (Å²) in [7, 11) is -3.00. The van der Waals surface area contributed by atoms with Crippen LogP contribution in [0.3, 0.4) is 0 Å². The van der Waals surface area contributed by atoms with Crippen molar-refractivity contribution in [3.8, 4) is 17.1 Å². The summed E-state index contributed by atoms with van der Waals surface area (Å²) in [6, 6.07) is 23.6. The van der Waals surface area contributed by atoms with Crippen molar-refractivity contribution in [1.82, 2.24) is 14.5 Å². The minimum atomic E-state index is -3.00. The van der Waals surface area contributed by atoms with Crippen molar-refractivity contribution in [3.05, 3.63) is 101 Å². The van der Waals surface area contributed by atoms with Crippen molar-refractivity contribution in [2.45, 2.75) is 90.2 Å². The Morgan fingerprint density at radius 3 is 2.12 bits per heavy atom. The number of nitrogens with one attached hydrogen (secondary N) is 1. The van der Waals surface area contributed by atoms with E-state index < -0.39 is 27.5 Å². The highest BCUT2D eigenvalue weighted by molar-refractivity contribution is 7.91. The minimum absolute atomic E-state index is 0.106. The first-order valence-electron chi connectivity index (χ1n) is 19.8. The zero-order chi connectivity index (χ0) is 39.5. The number of amides is 2. The standard InChI is InChI=1S/C43H52N6O6S/c1-2-3-4-5-6-7-8-9-10-14-20-37(55-35-23-21-34(22-24-35)48-25-27-56(53,54)28-26-48)42(51)45-33-19-15-18-32(29-33)40-46-41-38(39(44)50)36(30-49(41)43(52)47-40)31-16-12-11-13-17-31/h11-13,15-19,21-24,29,37H,2-10,14,20,25-28,30H2,1H3,(H2,44,50)(H,45,51). The Kier molecular flexibility index (Phi) is 13.7. The lowest BCUT2D eigenvalue weighted by Crippen LogP contribution is -2.40. The Morgan fingerprint density at radius 2 is 1.46 bits per heavy atom. The smallest absolute Gasteiger partial charge is 0.351 e. The SMILES string of the molecule is CCCCCCCCCCCCC(Oc1ccc(N2CCS(=O)(=O)CC2)cc1)C(=O)Nc1cccc(-c2nc3n(c(=O)n2)CC(c2ccccc2)=C3C(N)=O)c1. The van der Waals surface area contributed by atoms with E-state index in [4.69, 9.17) is 10.5 Å².